The lowest BCUT2D eigenvalue weighted by atomic mass is 10.1. The molecule has 1 aliphatic rings. The van der Waals surface area contributed by atoms with E-state index in [9.17, 15) is 4.79 Å². The number of nitrogens with zero attached hydrogens (tertiary/aromatic N) is 4. The maximum atomic E-state index is 13.1. The molecular formula is C29H36ClN5O6. The number of ether oxygens (including phenoxy) is 3. The predicted octanol–water partition coefficient (Wildman–Crippen LogP) is 2.85. The van der Waals surface area contributed by atoms with Gasteiger partial charge < -0.3 is 40.7 Å². The molecular weight excluding hydrogens is 550 g/mol. The number of rotatable bonds is 7. The van der Waals surface area contributed by atoms with Gasteiger partial charge in [0.1, 0.15) is 18.2 Å². The normalized spacial score (nSPS) is 12.5. The number of nitrogens with two attached hydrogens (primary N) is 1. The van der Waals surface area contributed by atoms with Gasteiger partial charge in [0.25, 0.3) is 5.91 Å². The number of fused-ring (bicyclic) bond motifs is 1. The first-order valence-corrected chi connectivity index (χ1v) is 12.5. The highest BCUT2D eigenvalue weighted by Crippen LogP contribution is 2.34. The molecule has 3 aromatic carbocycles. The second kappa shape index (κ2) is 14.4. The highest BCUT2D eigenvalue weighted by atomic mass is 35.5. The summed E-state index contributed by atoms with van der Waals surface area (Å²) in [5, 5.41) is 0.700. The van der Waals surface area contributed by atoms with Crippen molar-refractivity contribution in [2.45, 2.75) is 13.5 Å². The Bertz CT molecular complexity index is 1450. The monoisotopic (exact) mass is 585 g/mol. The Labute approximate surface area is 244 Å². The van der Waals surface area contributed by atoms with Gasteiger partial charge in [-0.15, -0.1) is 12.4 Å². The number of piperazine rings is 1. The highest BCUT2D eigenvalue weighted by Gasteiger charge is 2.24. The SMILES string of the molecule is COc1cc2nc(N3CCN(C(=O)c4ccc(OCc5ccc(C)cc5)cc4)CC3)nc(N)c2cc1OC.Cl.O.O. The molecule has 11 nitrogen and oxygen atoms in total. The average molecular weight is 586 g/mol. The van der Waals surface area contributed by atoms with Crippen LogP contribution in [-0.4, -0.2) is 72.1 Å². The largest absolute Gasteiger partial charge is 0.493 e. The van der Waals surface area contributed by atoms with Gasteiger partial charge in [-0.25, -0.2) is 4.98 Å². The van der Waals surface area contributed by atoms with E-state index in [1.165, 1.54) is 5.56 Å². The Morgan fingerprint density at radius 1 is 0.878 bits per heavy atom. The van der Waals surface area contributed by atoms with E-state index in [0.717, 1.165) is 11.3 Å². The minimum atomic E-state index is -0.00879. The Morgan fingerprint density at radius 3 is 2.10 bits per heavy atom. The van der Waals surface area contributed by atoms with Crippen LogP contribution in [0.1, 0.15) is 21.5 Å². The zero-order valence-corrected chi connectivity index (χ0v) is 24.0. The van der Waals surface area contributed by atoms with E-state index in [4.69, 9.17) is 24.9 Å². The number of benzene rings is 3. The number of carbonyl (C=O) groups is 1. The summed E-state index contributed by atoms with van der Waals surface area (Å²) in [7, 11) is 3.15. The molecule has 4 aromatic rings. The maximum Gasteiger partial charge on any atom is 0.253 e. The lowest BCUT2D eigenvalue weighted by Gasteiger charge is -2.35. The van der Waals surface area contributed by atoms with Gasteiger partial charge in [0.15, 0.2) is 11.5 Å². The van der Waals surface area contributed by atoms with Crippen LogP contribution in [0.15, 0.2) is 60.7 Å². The molecule has 0 bridgehead atoms. The molecule has 0 aliphatic carbocycles. The summed E-state index contributed by atoms with van der Waals surface area (Å²) >= 11 is 0. The fraction of sp³-hybridized carbons (Fsp3) is 0.276. The van der Waals surface area contributed by atoms with E-state index >= 15 is 0 Å². The van der Waals surface area contributed by atoms with Gasteiger partial charge in [-0.2, -0.15) is 4.98 Å². The molecule has 12 heteroatoms. The topological polar surface area (TPSA) is 166 Å². The molecule has 41 heavy (non-hydrogen) atoms. The molecule has 5 rings (SSSR count). The van der Waals surface area contributed by atoms with E-state index in [1.54, 1.807) is 26.4 Å². The number of hydrogen-bond acceptors (Lipinski definition) is 8. The predicted molar refractivity (Wildman–Crippen MR) is 162 cm³/mol. The van der Waals surface area contributed by atoms with Crippen molar-refractivity contribution in [3.05, 3.63) is 77.4 Å². The van der Waals surface area contributed by atoms with Crippen molar-refractivity contribution >= 4 is 41.0 Å². The van der Waals surface area contributed by atoms with Crippen LogP contribution >= 0.6 is 12.4 Å². The molecule has 220 valence electrons. The van der Waals surface area contributed by atoms with Crippen LogP contribution < -0.4 is 24.8 Å². The number of aromatic nitrogens is 2. The van der Waals surface area contributed by atoms with E-state index in [-0.39, 0.29) is 29.3 Å². The Morgan fingerprint density at radius 2 is 1.49 bits per heavy atom. The summed E-state index contributed by atoms with van der Waals surface area (Å²) in [6.45, 7) is 4.85. The van der Waals surface area contributed by atoms with Crippen LogP contribution in [0.4, 0.5) is 11.8 Å². The number of halogens is 1. The quantitative estimate of drug-likeness (QED) is 0.345. The maximum absolute atomic E-state index is 13.1. The van der Waals surface area contributed by atoms with Crippen molar-refractivity contribution in [2.75, 3.05) is 51.0 Å². The zero-order chi connectivity index (χ0) is 26.6. The van der Waals surface area contributed by atoms with Crippen molar-refractivity contribution in [1.82, 2.24) is 14.9 Å². The van der Waals surface area contributed by atoms with Crippen LogP contribution in [0.3, 0.4) is 0 Å². The third-order valence-corrected chi connectivity index (χ3v) is 6.70. The Balaban J connectivity index is 0.00000196. The molecule has 1 aromatic heterocycles. The van der Waals surface area contributed by atoms with Gasteiger partial charge in [-0.1, -0.05) is 29.8 Å². The summed E-state index contributed by atoms with van der Waals surface area (Å²) in [5.41, 5.74) is 9.88. The molecule has 0 spiro atoms. The van der Waals surface area contributed by atoms with Crippen LogP contribution in [0, 0.1) is 6.92 Å². The second-order valence-electron chi connectivity index (χ2n) is 9.21. The minimum Gasteiger partial charge on any atom is -0.493 e. The molecule has 1 amide bonds. The summed E-state index contributed by atoms with van der Waals surface area (Å²) in [6.07, 6.45) is 0. The first-order chi connectivity index (χ1) is 18.4. The number of carbonyl (C=O) groups excluding carboxylic acids is 1. The van der Waals surface area contributed by atoms with Gasteiger partial charge in [0, 0.05) is 43.2 Å². The van der Waals surface area contributed by atoms with Crippen LogP contribution in [0.25, 0.3) is 10.9 Å². The van der Waals surface area contributed by atoms with Gasteiger partial charge in [0.2, 0.25) is 5.95 Å². The number of nitrogen functional groups attached to an aromatic ring is 1. The van der Waals surface area contributed by atoms with E-state index in [0.29, 0.717) is 72.5 Å². The van der Waals surface area contributed by atoms with E-state index in [2.05, 4.69) is 36.2 Å². The van der Waals surface area contributed by atoms with Gasteiger partial charge in [-0.3, -0.25) is 4.79 Å². The van der Waals surface area contributed by atoms with Crippen molar-refractivity contribution in [2.24, 2.45) is 0 Å². The summed E-state index contributed by atoms with van der Waals surface area (Å²) in [4.78, 5) is 26.2. The Hall–Kier alpha value is -4.32. The van der Waals surface area contributed by atoms with Crippen LogP contribution in [0.5, 0.6) is 17.2 Å². The average Bonchev–Trinajstić information content (AvgIpc) is 2.96. The molecule has 0 unspecified atom stereocenters. The van der Waals surface area contributed by atoms with Gasteiger partial charge in [-0.05, 0) is 42.8 Å². The van der Waals surface area contributed by atoms with Crippen LogP contribution in [0.2, 0.25) is 0 Å². The molecule has 0 radical (unpaired) electrons. The smallest absolute Gasteiger partial charge is 0.253 e. The molecule has 1 saturated heterocycles. The van der Waals surface area contributed by atoms with E-state index < -0.39 is 0 Å². The van der Waals surface area contributed by atoms with Crippen molar-refractivity contribution in [3.63, 3.8) is 0 Å². The number of anilines is 2. The van der Waals surface area contributed by atoms with Crippen molar-refractivity contribution in [3.8, 4) is 17.2 Å². The lowest BCUT2D eigenvalue weighted by molar-refractivity contribution is 0.0746. The number of amides is 1. The van der Waals surface area contributed by atoms with Crippen LogP contribution in [-0.2, 0) is 6.61 Å². The molecule has 2 heterocycles. The third-order valence-electron chi connectivity index (χ3n) is 6.70. The molecule has 1 fully saturated rings. The number of aryl methyl sites for hydroxylation is 1. The summed E-state index contributed by atoms with van der Waals surface area (Å²) in [6, 6.07) is 19.1. The summed E-state index contributed by atoms with van der Waals surface area (Å²) in [5.74, 6) is 2.77. The zero-order valence-electron chi connectivity index (χ0n) is 23.2. The summed E-state index contributed by atoms with van der Waals surface area (Å²) < 4.78 is 16.6. The first kappa shape index (κ1) is 32.9. The van der Waals surface area contributed by atoms with Gasteiger partial charge in [0.05, 0.1) is 19.7 Å². The molecule has 0 atom stereocenters. The number of methoxy groups -OCH3 is 2. The first-order valence-electron chi connectivity index (χ1n) is 12.5. The van der Waals surface area contributed by atoms with Gasteiger partial charge >= 0.3 is 0 Å². The third kappa shape index (κ3) is 7.26. The van der Waals surface area contributed by atoms with E-state index in [1.807, 2.05) is 34.1 Å². The lowest BCUT2D eigenvalue weighted by Crippen LogP contribution is -2.49. The minimum absolute atomic E-state index is 0. The Kier molecular flexibility index (Phi) is 11.5. The standard InChI is InChI=1S/C29H31N5O4.ClH.2H2O/c1-19-4-6-20(7-5-19)18-38-22-10-8-21(9-11-22)28(35)33-12-14-34(15-13-33)29-31-24-17-26(37-3)25(36-2)16-23(24)27(30)32-29;;;/h4-11,16-17H,12-15,18H2,1-3H3,(H2,30,31,32);1H;2*1H2. The molecule has 0 saturated carbocycles. The highest BCUT2D eigenvalue weighted by molar-refractivity contribution is 5.94. The van der Waals surface area contributed by atoms with Crippen molar-refractivity contribution < 1.29 is 30.0 Å². The second-order valence-corrected chi connectivity index (χ2v) is 9.21. The number of hydrogen-bond donors (Lipinski definition) is 1. The molecule has 1 aliphatic heterocycles. The fourth-order valence-electron chi connectivity index (χ4n) is 4.44. The fourth-order valence-corrected chi connectivity index (χ4v) is 4.44. The molecule has 6 N–H and O–H groups in total. The van der Waals surface area contributed by atoms with Crippen molar-refractivity contribution in [1.29, 1.82) is 0 Å².